The molecular formula is C29H28N6O4. The highest BCUT2D eigenvalue weighted by Gasteiger charge is 2.26. The zero-order chi connectivity index (χ0) is 27.6. The molecule has 0 atom stereocenters. The fourth-order valence-corrected chi connectivity index (χ4v) is 4.18. The van der Waals surface area contributed by atoms with Gasteiger partial charge in [0.2, 0.25) is 0 Å². The molecule has 0 saturated carbocycles. The molecule has 10 heteroatoms. The first kappa shape index (κ1) is 25.9. The molecule has 3 heterocycles. The lowest BCUT2D eigenvalue weighted by molar-refractivity contribution is -0.148. The van der Waals surface area contributed by atoms with Crippen molar-refractivity contribution in [3.05, 3.63) is 83.6 Å². The first-order valence-electron chi connectivity index (χ1n) is 12.5. The van der Waals surface area contributed by atoms with Crippen molar-refractivity contribution in [2.75, 3.05) is 6.61 Å². The Morgan fingerprint density at radius 3 is 2.67 bits per heavy atom. The highest BCUT2D eigenvalue weighted by Crippen LogP contribution is 2.24. The van der Waals surface area contributed by atoms with Crippen LogP contribution in [0.1, 0.15) is 41.8 Å². The molecular weight excluding hydrogens is 496 g/mol. The minimum atomic E-state index is -0.936. The summed E-state index contributed by atoms with van der Waals surface area (Å²) in [6.45, 7) is 5.66. The molecule has 10 nitrogen and oxygen atoms in total. The fourth-order valence-electron chi connectivity index (χ4n) is 4.18. The highest BCUT2D eigenvalue weighted by atomic mass is 16.6. The molecule has 0 spiro atoms. The van der Waals surface area contributed by atoms with Crippen molar-refractivity contribution in [2.45, 2.75) is 33.7 Å². The van der Waals surface area contributed by atoms with Crippen LogP contribution in [0.4, 0.5) is 0 Å². The summed E-state index contributed by atoms with van der Waals surface area (Å²) in [6.07, 6.45) is 2.04. The molecule has 0 aliphatic carbocycles. The van der Waals surface area contributed by atoms with E-state index in [4.69, 9.17) is 9.82 Å². The van der Waals surface area contributed by atoms with Crippen LogP contribution in [-0.4, -0.2) is 48.6 Å². The second-order valence-corrected chi connectivity index (χ2v) is 10.1. The summed E-state index contributed by atoms with van der Waals surface area (Å²) in [4.78, 5) is 38.3. The van der Waals surface area contributed by atoms with Gasteiger partial charge in [-0.1, -0.05) is 23.4 Å². The number of aryl methyl sites for hydroxylation is 1. The average molecular weight is 525 g/mol. The zero-order valence-electron chi connectivity index (χ0n) is 21.9. The Bertz CT molecular complexity index is 1690. The van der Waals surface area contributed by atoms with Gasteiger partial charge >= 0.3 is 5.97 Å². The SMILES string of the molecule is Cc1cc(-c2ccc3nnn(Cc4ccc5ncccc5c4)c3n2)ccc1C(=O)NOCCC(C)(C)C(=O)O. The molecule has 2 aromatic carbocycles. The van der Waals surface area contributed by atoms with E-state index in [-0.39, 0.29) is 13.0 Å². The van der Waals surface area contributed by atoms with Gasteiger partial charge in [0.1, 0.15) is 5.52 Å². The maximum atomic E-state index is 12.6. The predicted octanol–water partition coefficient (Wildman–Crippen LogP) is 4.56. The summed E-state index contributed by atoms with van der Waals surface area (Å²) in [5, 5.41) is 18.8. The molecule has 0 unspecified atom stereocenters. The van der Waals surface area contributed by atoms with Gasteiger partial charge in [0.15, 0.2) is 5.65 Å². The number of pyridine rings is 2. The molecule has 0 radical (unpaired) electrons. The number of carboxylic acid groups (broad SMARTS) is 1. The van der Waals surface area contributed by atoms with Crippen molar-refractivity contribution in [1.82, 2.24) is 30.4 Å². The highest BCUT2D eigenvalue weighted by molar-refractivity contribution is 5.95. The van der Waals surface area contributed by atoms with Gasteiger partial charge in [-0.2, -0.15) is 0 Å². The number of benzene rings is 2. The van der Waals surface area contributed by atoms with Gasteiger partial charge < -0.3 is 5.11 Å². The second kappa shape index (κ2) is 10.6. The van der Waals surface area contributed by atoms with Gasteiger partial charge in [-0.15, -0.1) is 5.10 Å². The number of amides is 1. The number of hydroxylamine groups is 1. The predicted molar refractivity (Wildman–Crippen MR) is 146 cm³/mol. The van der Waals surface area contributed by atoms with Crippen LogP contribution in [0.3, 0.4) is 0 Å². The summed E-state index contributed by atoms with van der Waals surface area (Å²) in [5.74, 6) is -1.32. The third-order valence-electron chi connectivity index (χ3n) is 6.70. The van der Waals surface area contributed by atoms with E-state index in [1.807, 2.05) is 55.5 Å². The van der Waals surface area contributed by atoms with Gasteiger partial charge in [-0.25, -0.2) is 15.1 Å². The van der Waals surface area contributed by atoms with Crippen LogP contribution in [0.2, 0.25) is 0 Å². The van der Waals surface area contributed by atoms with Gasteiger partial charge in [-0.3, -0.25) is 19.4 Å². The van der Waals surface area contributed by atoms with E-state index < -0.39 is 17.3 Å². The Morgan fingerprint density at radius 1 is 1.05 bits per heavy atom. The van der Waals surface area contributed by atoms with E-state index in [1.54, 1.807) is 30.8 Å². The lowest BCUT2D eigenvalue weighted by atomic mass is 9.90. The number of carbonyl (C=O) groups excluding carboxylic acids is 1. The minimum absolute atomic E-state index is 0.0872. The molecule has 198 valence electrons. The summed E-state index contributed by atoms with van der Waals surface area (Å²) < 4.78 is 1.77. The first-order valence-corrected chi connectivity index (χ1v) is 12.5. The summed E-state index contributed by atoms with van der Waals surface area (Å²) in [7, 11) is 0. The largest absolute Gasteiger partial charge is 0.481 e. The smallest absolute Gasteiger partial charge is 0.309 e. The number of aliphatic carboxylic acids is 1. The van der Waals surface area contributed by atoms with Crippen molar-refractivity contribution in [3.8, 4) is 11.3 Å². The van der Waals surface area contributed by atoms with Crippen LogP contribution in [0.25, 0.3) is 33.3 Å². The van der Waals surface area contributed by atoms with Crippen LogP contribution in [-0.2, 0) is 16.2 Å². The maximum Gasteiger partial charge on any atom is 0.309 e. The number of nitrogens with zero attached hydrogens (tertiary/aromatic N) is 5. The number of fused-ring (bicyclic) bond motifs is 2. The van der Waals surface area contributed by atoms with E-state index in [0.717, 1.165) is 33.3 Å². The molecule has 0 aliphatic rings. The van der Waals surface area contributed by atoms with Crippen LogP contribution < -0.4 is 5.48 Å². The number of carboxylic acids is 1. The fraction of sp³-hybridized carbons (Fsp3) is 0.241. The molecule has 5 aromatic rings. The van der Waals surface area contributed by atoms with Gasteiger partial charge in [0.05, 0.1) is 29.8 Å². The average Bonchev–Trinajstić information content (AvgIpc) is 3.32. The lowest BCUT2D eigenvalue weighted by Gasteiger charge is -2.18. The Hall–Kier alpha value is -4.70. The number of rotatable bonds is 9. The number of aromatic nitrogens is 5. The Labute approximate surface area is 224 Å². The van der Waals surface area contributed by atoms with Crippen molar-refractivity contribution in [1.29, 1.82) is 0 Å². The van der Waals surface area contributed by atoms with E-state index in [0.29, 0.717) is 23.3 Å². The Morgan fingerprint density at radius 2 is 1.87 bits per heavy atom. The zero-order valence-corrected chi connectivity index (χ0v) is 21.9. The van der Waals surface area contributed by atoms with Crippen LogP contribution in [0, 0.1) is 12.3 Å². The topological polar surface area (TPSA) is 132 Å². The summed E-state index contributed by atoms with van der Waals surface area (Å²) in [5.41, 5.74) is 7.60. The van der Waals surface area contributed by atoms with Crippen molar-refractivity contribution in [2.24, 2.45) is 5.41 Å². The van der Waals surface area contributed by atoms with Crippen molar-refractivity contribution < 1.29 is 19.5 Å². The van der Waals surface area contributed by atoms with E-state index in [1.165, 1.54) is 0 Å². The summed E-state index contributed by atoms with van der Waals surface area (Å²) >= 11 is 0. The third-order valence-corrected chi connectivity index (χ3v) is 6.70. The van der Waals surface area contributed by atoms with Crippen molar-refractivity contribution in [3.63, 3.8) is 0 Å². The van der Waals surface area contributed by atoms with Crippen LogP contribution in [0.5, 0.6) is 0 Å². The summed E-state index contributed by atoms with van der Waals surface area (Å²) in [6, 6.07) is 19.2. The molecule has 1 amide bonds. The van der Waals surface area contributed by atoms with E-state index in [9.17, 15) is 14.7 Å². The maximum absolute atomic E-state index is 12.6. The van der Waals surface area contributed by atoms with E-state index >= 15 is 0 Å². The van der Waals surface area contributed by atoms with Crippen LogP contribution >= 0.6 is 0 Å². The first-order chi connectivity index (χ1) is 18.7. The third kappa shape index (κ3) is 5.60. The Balaban J connectivity index is 1.31. The number of carbonyl (C=O) groups is 2. The molecule has 5 rings (SSSR count). The van der Waals surface area contributed by atoms with E-state index in [2.05, 4.69) is 26.8 Å². The second-order valence-electron chi connectivity index (χ2n) is 10.1. The molecule has 3 aromatic heterocycles. The lowest BCUT2D eigenvalue weighted by Crippen LogP contribution is -2.29. The normalized spacial score (nSPS) is 11.7. The van der Waals surface area contributed by atoms with Crippen LogP contribution in [0.15, 0.2) is 66.9 Å². The Kier molecular flexibility index (Phi) is 7.03. The molecule has 0 fully saturated rings. The molecule has 0 saturated heterocycles. The van der Waals surface area contributed by atoms with Gasteiger partial charge in [0.25, 0.3) is 5.91 Å². The molecule has 39 heavy (non-hydrogen) atoms. The van der Waals surface area contributed by atoms with Crippen molar-refractivity contribution >= 4 is 33.9 Å². The minimum Gasteiger partial charge on any atom is -0.481 e. The molecule has 0 aliphatic heterocycles. The van der Waals surface area contributed by atoms with Gasteiger partial charge in [-0.05, 0) is 80.8 Å². The number of hydrogen-bond donors (Lipinski definition) is 2. The van der Waals surface area contributed by atoms with Gasteiger partial charge in [0, 0.05) is 22.7 Å². The standard InChI is InChI=1S/C29H28N6O4/c1-18-15-21(7-8-22(18)27(36)33-39-14-12-29(2,3)28(37)38)24-10-11-25-26(31-24)35(34-32-25)17-19-6-9-23-20(16-19)5-4-13-30-23/h4-11,13,15-16H,12,14,17H2,1-3H3,(H,33,36)(H,37,38). The monoisotopic (exact) mass is 524 g/mol. The quantitative estimate of drug-likeness (QED) is 0.212. The number of nitrogens with one attached hydrogen (secondary N) is 1. The molecule has 0 bridgehead atoms. The number of hydrogen-bond acceptors (Lipinski definition) is 7. The molecule has 2 N–H and O–H groups in total.